The maximum atomic E-state index is 12.7. The number of carbonyl (C=O) groups excluding carboxylic acids is 2. The molecule has 1 aromatic carbocycles. The highest BCUT2D eigenvalue weighted by molar-refractivity contribution is 5.96. The van der Waals surface area contributed by atoms with Crippen molar-refractivity contribution in [3.63, 3.8) is 0 Å². The van der Waals surface area contributed by atoms with Crippen LogP contribution in [0, 0.1) is 17.8 Å². The second-order valence-corrected chi connectivity index (χ2v) is 8.62. The average molecular weight is 386 g/mol. The molecule has 6 heteroatoms. The van der Waals surface area contributed by atoms with Gasteiger partial charge in [0.05, 0.1) is 0 Å². The van der Waals surface area contributed by atoms with Crippen LogP contribution in [-0.4, -0.2) is 37.1 Å². The molecule has 3 aliphatic rings. The average Bonchev–Trinajstić information content (AvgIpc) is 2.69. The number of hydrogen-bond donors (Lipinski definition) is 3. The molecule has 0 radical (unpaired) electrons. The molecule has 2 unspecified atom stereocenters. The molecule has 1 heterocycles. The lowest BCUT2D eigenvalue weighted by atomic mass is 9.65. The van der Waals surface area contributed by atoms with E-state index in [0.717, 1.165) is 44.2 Å². The minimum Gasteiger partial charge on any atom is -0.381 e. The van der Waals surface area contributed by atoms with Crippen LogP contribution in [-0.2, 0) is 9.53 Å². The van der Waals surface area contributed by atoms with E-state index in [4.69, 9.17) is 10.5 Å². The van der Waals surface area contributed by atoms with Crippen LogP contribution in [0.1, 0.15) is 55.3 Å². The van der Waals surface area contributed by atoms with Gasteiger partial charge in [0.2, 0.25) is 5.91 Å². The summed E-state index contributed by atoms with van der Waals surface area (Å²) in [5.74, 6) is 1.03. The Morgan fingerprint density at radius 3 is 2.25 bits per heavy atom. The maximum Gasteiger partial charge on any atom is 0.251 e. The van der Waals surface area contributed by atoms with Crippen LogP contribution in [0.3, 0.4) is 0 Å². The lowest BCUT2D eigenvalue weighted by Crippen LogP contribution is -2.48. The maximum absolute atomic E-state index is 12.7. The van der Waals surface area contributed by atoms with E-state index in [1.54, 1.807) is 12.1 Å². The van der Waals surface area contributed by atoms with Crippen LogP contribution >= 0.6 is 0 Å². The van der Waals surface area contributed by atoms with Crippen LogP contribution in [0.5, 0.6) is 0 Å². The monoisotopic (exact) mass is 385 g/mol. The van der Waals surface area contributed by atoms with Gasteiger partial charge < -0.3 is 21.1 Å². The summed E-state index contributed by atoms with van der Waals surface area (Å²) in [6.07, 6.45) is 7.05. The van der Waals surface area contributed by atoms with Crippen molar-refractivity contribution < 1.29 is 14.3 Å². The highest BCUT2D eigenvalue weighted by Gasteiger charge is 2.40. The van der Waals surface area contributed by atoms with E-state index in [2.05, 4.69) is 10.6 Å². The summed E-state index contributed by atoms with van der Waals surface area (Å²) in [5.41, 5.74) is 7.69. The number of fused-ring (bicyclic) bond motifs is 2. The summed E-state index contributed by atoms with van der Waals surface area (Å²) in [7, 11) is 0. The zero-order valence-electron chi connectivity index (χ0n) is 16.4. The largest absolute Gasteiger partial charge is 0.381 e. The zero-order valence-corrected chi connectivity index (χ0v) is 16.4. The Labute approximate surface area is 166 Å². The number of carbonyl (C=O) groups is 2. The molecular weight excluding hydrogens is 354 g/mol. The first kappa shape index (κ1) is 19.4. The third-order valence-electron chi connectivity index (χ3n) is 6.75. The Kier molecular flexibility index (Phi) is 5.97. The van der Waals surface area contributed by atoms with Gasteiger partial charge in [0.15, 0.2) is 0 Å². The molecular formula is C22H31N3O3. The number of benzene rings is 1. The lowest BCUT2D eigenvalue weighted by Gasteiger charge is -2.43. The second-order valence-electron chi connectivity index (χ2n) is 8.62. The first-order valence-corrected chi connectivity index (χ1v) is 10.7. The van der Waals surface area contributed by atoms with E-state index in [-0.39, 0.29) is 29.8 Å². The molecule has 2 amide bonds. The minimum absolute atomic E-state index is 0.0478. The van der Waals surface area contributed by atoms with Crippen molar-refractivity contribution in [1.29, 1.82) is 0 Å². The van der Waals surface area contributed by atoms with E-state index < -0.39 is 0 Å². The van der Waals surface area contributed by atoms with Crippen LogP contribution < -0.4 is 16.4 Å². The van der Waals surface area contributed by atoms with Crippen molar-refractivity contribution in [1.82, 2.24) is 5.32 Å². The van der Waals surface area contributed by atoms with Gasteiger partial charge in [0.25, 0.3) is 5.91 Å². The molecule has 152 valence electrons. The number of nitrogens with two attached hydrogens (primary N) is 1. The summed E-state index contributed by atoms with van der Waals surface area (Å²) in [6, 6.07) is 7.62. The summed E-state index contributed by atoms with van der Waals surface area (Å²) in [6.45, 7) is 1.40. The van der Waals surface area contributed by atoms with Crippen molar-refractivity contribution in [3.05, 3.63) is 29.8 Å². The summed E-state index contributed by atoms with van der Waals surface area (Å²) < 4.78 is 5.32. The standard InChI is InChI=1S/C22H31N3O3/c23-20-15-2-1-3-16(20)13-17(12-15)22(27)24-18-6-4-14(5-7-18)21(26)25-19-8-10-28-11-9-19/h4-7,15-17,19-20H,1-3,8-13,23H2,(H,24,27)(H,25,26). The number of anilines is 1. The molecule has 3 fully saturated rings. The van der Waals surface area contributed by atoms with Gasteiger partial charge in [-0.3, -0.25) is 9.59 Å². The summed E-state index contributed by atoms with van der Waals surface area (Å²) in [4.78, 5) is 25.1. The second kappa shape index (κ2) is 8.62. The molecule has 0 spiro atoms. The fourth-order valence-electron chi connectivity index (χ4n) is 5.06. The molecule has 4 N–H and O–H groups in total. The predicted octanol–water partition coefficient (Wildman–Crippen LogP) is 2.69. The Bertz CT molecular complexity index is 685. The first-order valence-electron chi connectivity index (χ1n) is 10.7. The summed E-state index contributed by atoms with van der Waals surface area (Å²) >= 11 is 0. The molecule has 2 atom stereocenters. The van der Waals surface area contributed by atoms with Gasteiger partial charge in [-0.05, 0) is 74.6 Å². The van der Waals surface area contributed by atoms with E-state index in [1.807, 2.05) is 12.1 Å². The SMILES string of the molecule is NC1C2CCCC1CC(C(=O)Nc1ccc(C(=O)NC3CCOCC3)cc1)C2. The smallest absolute Gasteiger partial charge is 0.251 e. The van der Waals surface area contributed by atoms with Crippen LogP contribution in [0.25, 0.3) is 0 Å². The van der Waals surface area contributed by atoms with E-state index in [1.165, 1.54) is 6.42 Å². The van der Waals surface area contributed by atoms with E-state index >= 15 is 0 Å². The van der Waals surface area contributed by atoms with Crippen molar-refractivity contribution in [3.8, 4) is 0 Å². The fraction of sp³-hybridized carbons (Fsp3) is 0.636. The van der Waals surface area contributed by atoms with Gasteiger partial charge in [0, 0.05) is 42.5 Å². The Morgan fingerprint density at radius 2 is 1.61 bits per heavy atom. The van der Waals surface area contributed by atoms with Crippen LogP contribution in [0.2, 0.25) is 0 Å². The highest BCUT2D eigenvalue weighted by atomic mass is 16.5. The van der Waals surface area contributed by atoms with E-state index in [9.17, 15) is 9.59 Å². The van der Waals surface area contributed by atoms with Gasteiger partial charge in [-0.15, -0.1) is 0 Å². The molecule has 4 rings (SSSR count). The van der Waals surface area contributed by atoms with Gasteiger partial charge in [0.1, 0.15) is 0 Å². The van der Waals surface area contributed by atoms with Crippen molar-refractivity contribution in [2.24, 2.45) is 23.5 Å². The Balaban J connectivity index is 1.31. The van der Waals surface area contributed by atoms with Crippen LogP contribution in [0.15, 0.2) is 24.3 Å². The van der Waals surface area contributed by atoms with Gasteiger partial charge in [-0.25, -0.2) is 0 Å². The molecule has 1 aromatic rings. The molecule has 2 saturated carbocycles. The van der Waals surface area contributed by atoms with Crippen molar-refractivity contribution in [2.75, 3.05) is 18.5 Å². The van der Waals surface area contributed by atoms with Gasteiger partial charge in [-0.1, -0.05) is 6.42 Å². The Morgan fingerprint density at radius 1 is 0.964 bits per heavy atom. The lowest BCUT2D eigenvalue weighted by molar-refractivity contribution is -0.122. The quantitative estimate of drug-likeness (QED) is 0.743. The van der Waals surface area contributed by atoms with Gasteiger partial charge in [-0.2, -0.15) is 0 Å². The predicted molar refractivity (Wildman–Crippen MR) is 108 cm³/mol. The number of ether oxygens (including phenoxy) is 1. The van der Waals surface area contributed by atoms with Crippen molar-refractivity contribution in [2.45, 2.75) is 57.0 Å². The summed E-state index contributed by atoms with van der Waals surface area (Å²) in [5, 5.41) is 6.09. The Hall–Kier alpha value is -1.92. The molecule has 1 saturated heterocycles. The minimum atomic E-state index is -0.0705. The topological polar surface area (TPSA) is 93.5 Å². The number of amides is 2. The number of nitrogens with one attached hydrogen (secondary N) is 2. The molecule has 2 bridgehead atoms. The zero-order chi connectivity index (χ0) is 19.5. The first-order chi connectivity index (χ1) is 13.6. The number of rotatable bonds is 4. The molecule has 28 heavy (non-hydrogen) atoms. The normalized spacial score (nSPS) is 30.5. The number of hydrogen-bond acceptors (Lipinski definition) is 4. The van der Waals surface area contributed by atoms with Crippen LogP contribution in [0.4, 0.5) is 5.69 Å². The van der Waals surface area contributed by atoms with Gasteiger partial charge >= 0.3 is 0 Å². The third kappa shape index (κ3) is 4.39. The molecule has 2 aliphatic carbocycles. The third-order valence-corrected chi connectivity index (χ3v) is 6.75. The molecule has 0 aromatic heterocycles. The molecule has 1 aliphatic heterocycles. The van der Waals surface area contributed by atoms with E-state index in [0.29, 0.717) is 30.6 Å². The van der Waals surface area contributed by atoms with Crippen molar-refractivity contribution >= 4 is 17.5 Å². The fourth-order valence-corrected chi connectivity index (χ4v) is 5.06. The highest BCUT2D eigenvalue weighted by Crippen LogP contribution is 2.42. The molecule has 6 nitrogen and oxygen atoms in total.